The van der Waals surface area contributed by atoms with Crippen LogP contribution in [-0.4, -0.2) is 17.9 Å². The van der Waals surface area contributed by atoms with Crippen LogP contribution in [0.25, 0.3) is 0 Å². The first-order valence-electron chi connectivity index (χ1n) is 12.4. The summed E-state index contributed by atoms with van der Waals surface area (Å²) in [7, 11) is 0. The third-order valence-electron chi connectivity index (χ3n) is 5.95. The highest BCUT2D eigenvalue weighted by molar-refractivity contribution is 5.87. The Balaban J connectivity index is 1.48. The van der Waals surface area contributed by atoms with Crippen molar-refractivity contribution in [1.29, 1.82) is 0 Å². The van der Waals surface area contributed by atoms with E-state index >= 15 is 0 Å². The Kier molecular flexibility index (Phi) is 9.24. The van der Waals surface area contributed by atoms with E-state index in [0.29, 0.717) is 30.3 Å². The Labute approximate surface area is 225 Å². The minimum Gasteiger partial charge on any atom is -0.485 e. The van der Waals surface area contributed by atoms with Crippen molar-refractivity contribution >= 4 is 11.8 Å². The molecule has 39 heavy (non-hydrogen) atoms. The second-order valence-corrected chi connectivity index (χ2v) is 8.98. The lowest BCUT2D eigenvalue weighted by Crippen LogP contribution is -2.46. The first-order valence-corrected chi connectivity index (χ1v) is 12.4. The van der Waals surface area contributed by atoms with E-state index in [0.717, 1.165) is 23.3 Å². The monoisotopic (exact) mass is 530 g/mol. The zero-order valence-electron chi connectivity index (χ0n) is 21.1. The lowest BCUT2D eigenvalue weighted by molar-refractivity contribution is -0.127. The summed E-state index contributed by atoms with van der Waals surface area (Å²) < 4.78 is 38.8. The van der Waals surface area contributed by atoms with Gasteiger partial charge in [-0.15, -0.1) is 0 Å². The van der Waals surface area contributed by atoms with Gasteiger partial charge < -0.3 is 20.5 Å². The van der Waals surface area contributed by atoms with Gasteiger partial charge in [-0.25, -0.2) is 8.78 Å². The van der Waals surface area contributed by atoms with Crippen LogP contribution in [0.1, 0.15) is 22.3 Å². The first kappa shape index (κ1) is 27.3. The molecule has 0 radical (unpaired) electrons. The summed E-state index contributed by atoms with van der Waals surface area (Å²) in [4.78, 5) is 24.7. The average molecular weight is 531 g/mol. The third-order valence-corrected chi connectivity index (χ3v) is 5.95. The average Bonchev–Trinajstić information content (AvgIpc) is 2.94. The van der Waals surface area contributed by atoms with Crippen molar-refractivity contribution in [2.45, 2.75) is 32.1 Å². The van der Waals surface area contributed by atoms with Crippen LogP contribution in [0.2, 0.25) is 0 Å². The molecule has 0 spiro atoms. The van der Waals surface area contributed by atoms with E-state index in [-0.39, 0.29) is 18.4 Å². The minimum atomic E-state index is -1.05. The summed E-state index contributed by atoms with van der Waals surface area (Å²) in [5.74, 6) is -2.34. The number of amides is 2. The Morgan fingerprint density at radius 2 is 1.28 bits per heavy atom. The minimum absolute atomic E-state index is 0.0967. The standard InChI is InChI=1S/C31H28F2N2O4/c32-25-13-11-23(15-26(25)33)18-30(36)35-27(31(34)37)16-24-12-14-28(38-19-21-7-3-1-4-8-21)29(17-24)39-20-22-9-5-2-6-10-22/h1-15,17,27H,16,18-20H2,(H2,34,37)(H,35,36)/t27-/m0/s1. The molecule has 0 aliphatic carbocycles. The van der Waals surface area contributed by atoms with Crippen molar-refractivity contribution in [1.82, 2.24) is 5.32 Å². The molecule has 4 aromatic carbocycles. The molecule has 0 heterocycles. The molecule has 1 atom stereocenters. The van der Waals surface area contributed by atoms with Gasteiger partial charge in [0.2, 0.25) is 11.8 Å². The molecule has 0 bridgehead atoms. The molecule has 2 amide bonds. The fourth-order valence-corrected chi connectivity index (χ4v) is 3.92. The summed E-state index contributed by atoms with van der Waals surface area (Å²) in [5.41, 5.74) is 8.48. The molecular weight excluding hydrogens is 502 g/mol. The molecule has 4 aromatic rings. The predicted octanol–water partition coefficient (Wildman–Crippen LogP) is 4.88. The number of carbonyl (C=O) groups excluding carboxylic acids is 2. The van der Waals surface area contributed by atoms with Gasteiger partial charge in [-0.1, -0.05) is 72.8 Å². The molecule has 8 heteroatoms. The predicted molar refractivity (Wildman–Crippen MR) is 143 cm³/mol. The fourth-order valence-electron chi connectivity index (χ4n) is 3.92. The highest BCUT2D eigenvalue weighted by Crippen LogP contribution is 2.30. The maximum atomic E-state index is 13.5. The van der Waals surface area contributed by atoms with Gasteiger partial charge in [-0.05, 0) is 46.5 Å². The first-order chi connectivity index (χ1) is 18.9. The maximum absolute atomic E-state index is 13.5. The van der Waals surface area contributed by atoms with Crippen LogP contribution < -0.4 is 20.5 Å². The lowest BCUT2D eigenvalue weighted by atomic mass is 10.0. The number of nitrogens with one attached hydrogen (secondary N) is 1. The van der Waals surface area contributed by atoms with Crippen LogP contribution in [0.15, 0.2) is 97.1 Å². The van der Waals surface area contributed by atoms with Crippen LogP contribution >= 0.6 is 0 Å². The van der Waals surface area contributed by atoms with Crippen LogP contribution in [-0.2, 0) is 35.6 Å². The van der Waals surface area contributed by atoms with E-state index in [1.165, 1.54) is 6.07 Å². The molecule has 0 saturated heterocycles. The topological polar surface area (TPSA) is 90.7 Å². The SMILES string of the molecule is NC(=O)[C@H](Cc1ccc(OCc2ccccc2)c(OCc2ccccc2)c1)NC(=O)Cc1ccc(F)c(F)c1. The molecule has 4 rings (SSSR count). The van der Waals surface area contributed by atoms with Gasteiger partial charge in [-0.2, -0.15) is 0 Å². The van der Waals surface area contributed by atoms with Crippen LogP contribution in [0.4, 0.5) is 8.78 Å². The Morgan fingerprint density at radius 3 is 1.87 bits per heavy atom. The number of ether oxygens (including phenoxy) is 2. The number of primary amides is 1. The number of hydrogen-bond donors (Lipinski definition) is 2. The number of halogens is 2. The van der Waals surface area contributed by atoms with Crippen molar-refractivity contribution in [2.24, 2.45) is 5.73 Å². The summed E-state index contributed by atoms with van der Waals surface area (Å²) in [6.45, 7) is 0.641. The molecule has 6 nitrogen and oxygen atoms in total. The number of carbonyl (C=O) groups is 2. The molecule has 0 aliphatic heterocycles. The number of benzene rings is 4. The summed E-state index contributed by atoms with van der Waals surface area (Å²) in [6, 6.07) is 26.8. The highest BCUT2D eigenvalue weighted by atomic mass is 19.2. The van der Waals surface area contributed by atoms with E-state index in [9.17, 15) is 18.4 Å². The van der Waals surface area contributed by atoms with Crippen molar-refractivity contribution in [3.63, 3.8) is 0 Å². The van der Waals surface area contributed by atoms with Crippen LogP contribution in [0.3, 0.4) is 0 Å². The van der Waals surface area contributed by atoms with E-state index in [2.05, 4.69) is 5.32 Å². The molecule has 0 aromatic heterocycles. The quantitative estimate of drug-likeness (QED) is 0.273. The maximum Gasteiger partial charge on any atom is 0.240 e. The van der Waals surface area contributed by atoms with Gasteiger partial charge in [0.15, 0.2) is 23.1 Å². The summed E-state index contributed by atoms with van der Waals surface area (Å²) in [5, 5.41) is 2.58. The lowest BCUT2D eigenvalue weighted by Gasteiger charge is -2.18. The molecule has 0 fully saturated rings. The number of rotatable bonds is 12. The zero-order valence-corrected chi connectivity index (χ0v) is 21.1. The third kappa shape index (κ3) is 8.13. The largest absolute Gasteiger partial charge is 0.485 e. The van der Waals surface area contributed by atoms with Crippen LogP contribution in [0.5, 0.6) is 11.5 Å². The Hall–Kier alpha value is -4.72. The second kappa shape index (κ2) is 13.2. The van der Waals surface area contributed by atoms with Crippen molar-refractivity contribution in [3.8, 4) is 11.5 Å². The van der Waals surface area contributed by atoms with Gasteiger partial charge in [0.05, 0.1) is 6.42 Å². The number of hydrogen-bond acceptors (Lipinski definition) is 4. The van der Waals surface area contributed by atoms with Crippen molar-refractivity contribution < 1.29 is 27.8 Å². The van der Waals surface area contributed by atoms with Gasteiger partial charge >= 0.3 is 0 Å². The van der Waals surface area contributed by atoms with Gasteiger partial charge in [0, 0.05) is 6.42 Å². The van der Waals surface area contributed by atoms with Crippen molar-refractivity contribution in [3.05, 3.63) is 131 Å². The summed E-state index contributed by atoms with van der Waals surface area (Å²) >= 11 is 0. The van der Waals surface area contributed by atoms with Crippen molar-refractivity contribution in [2.75, 3.05) is 0 Å². The fraction of sp³-hybridized carbons (Fsp3) is 0.161. The molecule has 0 saturated carbocycles. The smallest absolute Gasteiger partial charge is 0.240 e. The Morgan fingerprint density at radius 1 is 0.692 bits per heavy atom. The van der Waals surface area contributed by atoms with Gasteiger partial charge in [-0.3, -0.25) is 9.59 Å². The van der Waals surface area contributed by atoms with E-state index < -0.39 is 29.5 Å². The normalized spacial score (nSPS) is 11.4. The highest BCUT2D eigenvalue weighted by Gasteiger charge is 2.20. The second-order valence-electron chi connectivity index (χ2n) is 8.98. The van der Waals surface area contributed by atoms with Gasteiger partial charge in [0.25, 0.3) is 0 Å². The Bertz CT molecular complexity index is 1420. The van der Waals surface area contributed by atoms with Gasteiger partial charge in [0.1, 0.15) is 19.3 Å². The zero-order chi connectivity index (χ0) is 27.6. The molecular formula is C31H28F2N2O4. The molecule has 200 valence electrons. The van der Waals surface area contributed by atoms with E-state index in [4.69, 9.17) is 15.2 Å². The molecule has 0 unspecified atom stereocenters. The molecule has 3 N–H and O–H groups in total. The van der Waals surface area contributed by atoms with E-state index in [1.54, 1.807) is 18.2 Å². The van der Waals surface area contributed by atoms with Crippen LogP contribution in [0, 0.1) is 11.6 Å². The number of nitrogens with two attached hydrogens (primary N) is 1. The molecule has 0 aliphatic rings. The summed E-state index contributed by atoms with van der Waals surface area (Å²) in [6.07, 6.45) is -0.141. The van der Waals surface area contributed by atoms with E-state index in [1.807, 2.05) is 60.7 Å².